The Morgan fingerprint density at radius 1 is 1.35 bits per heavy atom. The van der Waals surface area contributed by atoms with E-state index in [1.807, 2.05) is 11.9 Å². The predicted molar refractivity (Wildman–Crippen MR) is 63.6 cm³/mol. The molecule has 1 saturated heterocycles. The van der Waals surface area contributed by atoms with E-state index in [1.54, 1.807) is 0 Å². The Hall–Kier alpha value is -1.36. The van der Waals surface area contributed by atoms with E-state index in [9.17, 15) is 8.78 Å². The monoisotopic (exact) mass is 239 g/mol. The van der Waals surface area contributed by atoms with Crippen molar-refractivity contribution in [2.75, 3.05) is 43.0 Å². The minimum Gasteiger partial charge on any atom is -0.371 e. The van der Waals surface area contributed by atoms with E-state index in [0.717, 1.165) is 32.2 Å². The first-order valence-electron chi connectivity index (χ1n) is 5.84. The van der Waals surface area contributed by atoms with Gasteiger partial charge in [0.25, 0.3) is 0 Å². The first-order valence-corrected chi connectivity index (χ1v) is 5.84. The molecule has 2 heterocycles. The van der Waals surface area contributed by atoms with E-state index in [0.29, 0.717) is 11.4 Å². The fourth-order valence-corrected chi connectivity index (χ4v) is 2.76. The molecule has 0 aliphatic carbocycles. The number of benzene rings is 1. The van der Waals surface area contributed by atoms with E-state index in [2.05, 4.69) is 10.2 Å². The highest BCUT2D eigenvalue weighted by molar-refractivity contribution is 5.75. The van der Waals surface area contributed by atoms with Crippen molar-refractivity contribution in [1.29, 1.82) is 0 Å². The topological polar surface area (TPSA) is 18.5 Å². The number of nitrogens with zero attached hydrogens (tertiary/aromatic N) is 2. The molecule has 92 valence electrons. The number of likely N-dealkylation sites (N-methyl/N-ethyl adjacent to an activating group) is 1. The van der Waals surface area contributed by atoms with Gasteiger partial charge in [0, 0.05) is 39.3 Å². The molecule has 17 heavy (non-hydrogen) atoms. The second-order valence-electron chi connectivity index (χ2n) is 4.69. The minimum atomic E-state index is -0.512. The third-order valence-corrected chi connectivity index (χ3v) is 3.54. The van der Waals surface area contributed by atoms with Gasteiger partial charge in [-0.3, -0.25) is 0 Å². The molecule has 5 heteroatoms. The molecule has 1 aromatic rings. The van der Waals surface area contributed by atoms with Gasteiger partial charge in [0.1, 0.15) is 5.82 Å². The quantitative estimate of drug-likeness (QED) is 0.733. The smallest absolute Gasteiger partial charge is 0.151 e. The molecule has 0 aromatic heterocycles. The van der Waals surface area contributed by atoms with Gasteiger partial charge < -0.3 is 15.1 Å². The maximum absolute atomic E-state index is 13.9. The van der Waals surface area contributed by atoms with E-state index in [4.69, 9.17) is 0 Å². The number of nitrogens with one attached hydrogen (secondary N) is 1. The lowest BCUT2D eigenvalue weighted by Crippen LogP contribution is -2.58. The molecular weight excluding hydrogens is 224 g/mol. The number of piperazine rings is 1. The molecule has 0 spiro atoms. The second kappa shape index (κ2) is 3.84. The van der Waals surface area contributed by atoms with Gasteiger partial charge in [-0.1, -0.05) is 0 Å². The Balaban J connectivity index is 2.11. The first kappa shape index (κ1) is 10.8. The normalized spacial score (nSPS) is 23.4. The van der Waals surface area contributed by atoms with Crippen LogP contribution in [0.2, 0.25) is 0 Å². The standard InChI is InChI=1S/C12H15F2N3/c1-16-7-9-6-15-2-3-17(9)12-10(14)4-8(13)5-11(12)16/h4-5,9,15H,2-3,6-7H2,1H3. The van der Waals surface area contributed by atoms with Crippen LogP contribution >= 0.6 is 0 Å². The summed E-state index contributed by atoms with van der Waals surface area (Å²) in [4.78, 5) is 3.98. The largest absolute Gasteiger partial charge is 0.371 e. The molecule has 2 aliphatic rings. The Morgan fingerprint density at radius 3 is 3.00 bits per heavy atom. The average Bonchev–Trinajstić information content (AvgIpc) is 2.29. The summed E-state index contributed by atoms with van der Waals surface area (Å²) in [6.07, 6.45) is 0. The number of rotatable bonds is 0. The number of fused-ring (bicyclic) bond motifs is 3. The summed E-state index contributed by atoms with van der Waals surface area (Å²) in [6.45, 7) is 3.26. The zero-order chi connectivity index (χ0) is 12.0. The molecule has 0 saturated carbocycles. The first-order chi connectivity index (χ1) is 8.16. The van der Waals surface area contributed by atoms with Crippen molar-refractivity contribution in [2.45, 2.75) is 6.04 Å². The molecule has 0 radical (unpaired) electrons. The molecule has 1 fully saturated rings. The molecule has 0 bridgehead atoms. The Morgan fingerprint density at radius 2 is 2.18 bits per heavy atom. The molecule has 1 N–H and O–H groups in total. The maximum Gasteiger partial charge on any atom is 0.151 e. The van der Waals surface area contributed by atoms with Gasteiger partial charge in [-0.05, 0) is 6.07 Å². The van der Waals surface area contributed by atoms with Crippen LogP contribution < -0.4 is 15.1 Å². The predicted octanol–water partition coefficient (Wildman–Crippen LogP) is 1.19. The zero-order valence-electron chi connectivity index (χ0n) is 9.71. The van der Waals surface area contributed by atoms with Crippen LogP contribution in [0.1, 0.15) is 0 Å². The number of halogens is 2. The highest BCUT2D eigenvalue weighted by atomic mass is 19.1. The van der Waals surface area contributed by atoms with Crippen LogP contribution in [-0.2, 0) is 0 Å². The van der Waals surface area contributed by atoms with Crippen LogP contribution in [0.15, 0.2) is 12.1 Å². The molecular formula is C12H15F2N3. The Kier molecular flexibility index (Phi) is 2.43. The summed E-state index contributed by atoms with van der Waals surface area (Å²) in [5, 5.41) is 3.30. The van der Waals surface area contributed by atoms with Crippen molar-refractivity contribution < 1.29 is 8.78 Å². The molecule has 3 nitrogen and oxygen atoms in total. The fourth-order valence-electron chi connectivity index (χ4n) is 2.76. The van der Waals surface area contributed by atoms with Crippen LogP contribution in [0.5, 0.6) is 0 Å². The lowest BCUT2D eigenvalue weighted by Gasteiger charge is -2.46. The van der Waals surface area contributed by atoms with Crippen molar-refractivity contribution in [3.8, 4) is 0 Å². The molecule has 0 amide bonds. The maximum atomic E-state index is 13.9. The van der Waals surface area contributed by atoms with Gasteiger partial charge in [0.05, 0.1) is 17.4 Å². The van der Waals surface area contributed by atoms with E-state index < -0.39 is 11.6 Å². The third-order valence-electron chi connectivity index (χ3n) is 3.54. The molecule has 1 aromatic carbocycles. The second-order valence-corrected chi connectivity index (χ2v) is 4.69. The van der Waals surface area contributed by atoms with E-state index in [1.165, 1.54) is 6.07 Å². The summed E-state index contributed by atoms with van der Waals surface area (Å²) < 4.78 is 27.2. The number of anilines is 2. The van der Waals surface area contributed by atoms with Gasteiger partial charge in [-0.2, -0.15) is 0 Å². The van der Waals surface area contributed by atoms with Gasteiger partial charge in [0.2, 0.25) is 0 Å². The van der Waals surface area contributed by atoms with E-state index >= 15 is 0 Å². The highest BCUT2D eigenvalue weighted by Gasteiger charge is 2.33. The number of hydrogen-bond acceptors (Lipinski definition) is 3. The molecule has 2 aliphatic heterocycles. The van der Waals surface area contributed by atoms with Crippen molar-refractivity contribution in [2.24, 2.45) is 0 Å². The van der Waals surface area contributed by atoms with Crippen LogP contribution in [0.4, 0.5) is 20.2 Å². The minimum absolute atomic E-state index is 0.265. The number of hydrogen-bond donors (Lipinski definition) is 1. The summed E-state index contributed by atoms with van der Waals surface area (Å²) >= 11 is 0. The summed E-state index contributed by atoms with van der Waals surface area (Å²) in [5.41, 5.74) is 1.20. The van der Waals surface area contributed by atoms with Crippen molar-refractivity contribution >= 4 is 11.4 Å². The van der Waals surface area contributed by atoms with Crippen molar-refractivity contribution in [1.82, 2.24) is 5.32 Å². The zero-order valence-corrected chi connectivity index (χ0v) is 9.71. The summed E-state index contributed by atoms with van der Waals surface area (Å²) in [7, 11) is 1.88. The molecule has 1 unspecified atom stereocenters. The van der Waals surface area contributed by atoms with Crippen LogP contribution in [-0.4, -0.2) is 39.3 Å². The lowest BCUT2D eigenvalue weighted by molar-refractivity contribution is 0.454. The summed E-state index contributed by atoms with van der Waals surface area (Å²) in [6, 6.07) is 2.65. The lowest BCUT2D eigenvalue weighted by atomic mass is 10.0. The van der Waals surface area contributed by atoms with Crippen LogP contribution in [0.25, 0.3) is 0 Å². The van der Waals surface area contributed by atoms with Gasteiger partial charge >= 0.3 is 0 Å². The van der Waals surface area contributed by atoms with Crippen LogP contribution in [0, 0.1) is 11.6 Å². The van der Waals surface area contributed by atoms with Crippen molar-refractivity contribution in [3.63, 3.8) is 0 Å². The summed E-state index contributed by atoms with van der Waals surface area (Å²) in [5.74, 6) is -0.972. The fraction of sp³-hybridized carbons (Fsp3) is 0.500. The van der Waals surface area contributed by atoms with Crippen molar-refractivity contribution in [3.05, 3.63) is 23.8 Å². The highest BCUT2D eigenvalue weighted by Crippen LogP contribution is 2.37. The van der Waals surface area contributed by atoms with Gasteiger partial charge in [-0.15, -0.1) is 0 Å². The molecule has 1 atom stereocenters. The van der Waals surface area contributed by atoms with Crippen LogP contribution in [0.3, 0.4) is 0 Å². The Bertz CT molecular complexity index is 450. The Labute approximate surface area is 99.0 Å². The average molecular weight is 239 g/mol. The SMILES string of the molecule is CN1CC2CNCCN2c2c(F)cc(F)cc21. The third kappa shape index (κ3) is 1.65. The van der Waals surface area contributed by atoms with Gasteiger partial charge in [-0.25, -0.2) is 8.78 Å². The van der Waals surface area contributed by atoms with Gasteiger partial charge in [0.15, 0.2) is 5.82 Å². The van der Waals surface area contributed by atoms with E-state index in [-0.39, 0.29) is 6.04 Å². The molecule has 3 rings (SSSR count).